The number of methoxy groups -OCH3 is 1. The number of hydrogen-bond acceptors (Lipinski definition) is 3. The molecule has 0 fully saturated rings. The highest BCUT2D eigenvalue weighted by molar-refractivity contribution is 5.76. The molecular weight excluding hydrogens is 252 g/mol. The lowest BCUT2D eigenvalue weighted by Crippen LogP contribution is -2.32. The molecule has 2 N–H and O–H groups in total. The van der Waals surface area contributed by atoms with Gasteiger partial charge in [0.05, 0.1) is 7.11 Å². The minimum Gasteiger partial charge on any atom is -0.496 e. The number of rotatable bonds is 9. The van der Waals surface area contributed by atoms with E-state index in [2.05, 4.69) is 30.5 Å². The van der Waals surface area contributed by atoms with E-state index in [9.17, 15) is 4.79 Å². The fourth-order valence-corrected chi connectivity index (χ4v) is 2.17. The highest BCUT2D eigenvalue weighted by Gasteiger charge is 2.11. The SMILES string of the molecule is CCNCCNC(=O)CC(C)Cc1ccccc1OC. The number of hydrogen-bond donors (Lipinski definition) is 2. The molecule has 0 saturated heterocycles. The number of carbonyl (C=O) groups excluding carboxylic acids is 1. The van der Waals surface area contributed by atoms with Crippen molar-refractivity contribution in [3.8, 4) is 5.75 Å². The Hall–Kier alpha value is -1.55. The molecule has 1 aromatic carbocycles. The Balaban J connectivity index is 2.35. The molecule has 4 nitrogen and oxygen atoms in total. The van der Waals surface area contributed by atoms with Crippen LogP contribution >= 0.6 is 0 Å². The van der Waals surface area contributed by atoms with Gasteiger partial charge in [0.15, 0.2) is 0 Å². The van der Waals surface area contributed by atoms with Gasteiger partial charge in [-0.1, -0.05) is 32.0 Å². The summed E-state index contributed by atoms with van der Waals surface area (Å²) in [4.78, 5) is 11.8. The van der Waals surface area contributed by atoms with E-state index in [0.29, 0.717) is 18.9 Å². The first-order valence-electron chi connectivity index (χ1n) is 7.26. The summed E-state index contributed by atoms with van der Waals surface area (Å²) in [5.41, 5.74) is 1.16. The van der Waals surface area contributed by atoms with Crippen molar-refractivity contribution in [2.24, 2.45) is 5.92 Å². The van der Waals surface area contributed by atoms with Crippen LogP contribution < -0.4 is 15.4 Å². The molecule has 0 spiro atoms. The monoisotopic (exact) mass is 278 g/mol. The van der Waals surface area contributed by atoms with Crippen LogP contribution in [0.4, 0.5) is 0 Å². The maximum Gasteiger partial charge on any atom is 0.220 e. The molecule has 4 heteroatoms. The molecule has 20 heavy (non-hydrogen) atoms. The lowest BCUT2D eigenvalue weighted by molar-refractivity contribution is -0.121. The van der Waals surface area contributed by atoms with Crippen molar-refractivity contribution in [2.75, 3.05) is 26.7 Å². The topological polar surface area (TPSA) is 50.4 Å². The molecule has 1 unspecified atom stereocenters. The van der Waals surface area contributed by atoms with Crippen LogP contribution in [-0.2, 0) is 11.2 Å². The van der Waals surface area contributed by atoms with Gasteiger partial charge < -0.3 is 15.4 Å². The van der Waals surface area contributed by atoms with Crippen molar-refractivity contribution < 1.29 is 9.53 Å². The Kier molecular flexibility index (Phi) is 7.73. The lowest BCUT2D eigenvalue weighted by atomic mass is 9.97. The van der Waals surface area contributed by atoms with Gasteiger partial charge >= 0.3 is 0 Å². The molecule has 0 radical (unpaired) electrons. The van der Waals surface area contributed by atoms with E-state index in [-0.39, 0.29) is 5.91 Å². The summed E-state index contributed by atoms with van der Waals surface area (Å²) in [5.74, 6) is 1.31. The first-order valence-corrected chi connectivity index (χ1v) is 7.26. The molecule has 112 valence electrons. The van der Waals surface area contributed by atoms with Crippen molar-refractivity contribution in [1.29, 1.82) is 0 Å². The smallest absolute Gasteiger partial charge is 0.220 e. The summed E-state index contributed by atoms with van der Waals surface area (Å²) in [6, 6.07) is 7.97. The van der Waals surface area contributed by atoms with Crippen molar-refractivity contribution >= 4 is 5.91 Å². The summed E-state index contributed by atoms with van der Waals surface area (Å²) in [7, 11) is 1.68. The minimum absolute atomic E-state index is 0.116. The van der Waals surface area contributed by atoms with Crippen LogP contribution in [0.15, 0.2) is 24.3 Å². The Morgan fingerprint density at radius 3 is 2.75 bits per heavy atom. The third kappa shape index (κ3) is 6.06. The zero-order valence-electron chi connectivity index (χ0n) is 12.7. The molecule has 1 amide bonds. The first-order chi connectivity index (χ1) is 9.67. The van der Waals surface area contributed by atoms with Crippen LogP contribution in [0.1, 0.15) is 25.8 Å². The molecule has 0 saturated carbocycles. The van der Waals surface area contributed by atoms with Gasteiger partial charge in [0, 0.05) is 19.5 Å². The summed E-state index contributed by atoms with van der Waals surface area (Å²) in [6.07, 6.45) is 1.40. The highest BCUT2D eigenvalue weighted by atomic mass is 16.5. The van der Waals surface area contributed by atoms with Gasteiger partial charge in [0.2, 0.25) is 5.91 Å². The fourth-order valence-electron chi connectivity index (χ4n) is 2.17. The zero-order valence-corrected chi connectivity index (χ0v) is 12.7. The molecule has 1 aromatic rings. The van der Waals surface area contributed by atoms with Gasteiger partial charge in [-0.15, -0.1) is 0 Å². The number of ether oxygens (including phenoxy) is 1. The van der Waals surface area contributed by atoms with Crippen LogP contribution in [0.5, 0.6) is 5.75 Å². The van der Waals surface area contributed by atoms with E-state index in [0.717, 1.165) is 30.8 Å². The Bertz CT molecular complexity index is 407. The zero-order chi connectivity index (χ0) is 14.8. The second-order valence-electron chi connectivity index (χ2n) is 5.03. The quantitative estimate of drug-likeness (QED) is 0.679. The molecule has 1 atom stereocenters. The summed E-state index contributed by atoms with van der Waals surface area (Å²) < 4.78 is 5.33. The highest BCUT2D eigenvalue weighted by Crippen LogP contribution is 2.21. The van der Waals surface area contributed by atoms with Gasteiger partial charge in [-0.05, 0) is 30.5 Å². The van der Waals surface area contributed by atoms with Gasteiger partial charge in [0.25, 0.3) is 0 Å². The second kappa shape index (κ2) is 9.37. The predicted molar refractivity (Wildman–Crippen MR) is 82.0 cm³/mol. The fraction of sp³-hybridized carbons (Fsp3) is 0.562. The van der Waals surface area contributed by atoms with Gasteiger partial charge in [-0.2, -0.15) is 0 Å². The standard InChI is InChI=1S/C16H26N2O2/c1-4-17-9-10-18-16(19)12-13(2)11-14-7-5-6-8-15(14)20-3/h5-8,13,17H,4,9-12H2,1-3H3,(H,18,19). The molecule has 0 aliphatic rings. The average Bonchev–Trinajstić information content (AvgIpc) is 2.44. The number of benzene rings is 1. The molecule has 0 heterocycles. The van der Waals surface area contributed by atoms with Crippen molar-refractivity contribution in [1.82, 2.24) is 10.6 Å². The average molecular weight is 278 g/mol. The number of nitrogens with one attached hydrogen (secondary N) is 2. The Labute approximate surface area is 121 Å². The number of likely N-dealkylation sites (N-methyl/N-ethyl adjacent to an activating group) is 1. The summed E-state index contributed by atoms with van der Waals surface area (Å²) >= 11 is 0. The third-order valence-electron chi connectivity index (χ3n) is 3.17. The molecule has 1 rings (SSSR count). The van der Waals surface area contributed by atoms with Crippen LogP contribution in [-0.4, -0.2) is 32.7 Å². The summed E-state index contributed by atoms with van der Waals surface area (Å²) in [6.45, 7) is 6.59. The van der Waals surface area contributed by atoms with E-state index in [1.807, 2.05) is 18.2 Å². The first kappa shape index (κ1) is 16.5. The van der Waals surface area contributed by atoms with E-state index in [1.54, 1.807) is 7.11 Å². The Morgan fingerprint density at radius 2 is 2.05 bits per heavy atom. The van der Waals surface area contributed by atoms with Gasteiger partial charge in [0.1, 0.15) is 5.75 Å². The second-order valence-corrected chi connectivity index (χ2v) is 5.03. The van der Waals surface area contributed by atoms with Crippen molar-refractivity contribution in [3.05, 3.63) is 29.8 Å². The van der Waals surface area contributed by atoms with Crippen LogP contribution in [0.3, 0.4) is 0 Å². The maximum atomic E-state index is 11.8. The summed E-state index contributed by atoms with van der Waals surface area (Å²) in [5, 5.41) is 6.11. The van der Waals surface area contributed by atoms with Crippen molar-refractivity contribution in [2.45, 2.75) is 26.7 Å². The molecule has 0 bridgehead atoms. The lowest BCUT2D eigenvalue weighted by Gasteiger charge is -2.14. The van der Waals surface area contributed by atoms with Crippen LogP contribution in [0.25, 0.3) is 0 Å². The largest absolute Gasteiger partial charge is 0.496 e. The number of carbonyl (C=O) groups is 1. The molecule has 0 aromatic heterocycles. The predicted octanol–water partition coefficient (Wildman–Crippen LogP) is 1.99. The third-order valence-corrected chi connectivity index (χ3v) is 3.17. The van der Waals surface area contributed by atoms with E-state index in [1.165, 1.54) is 0 Å². The van der Waals surface area contributed by atoms with E-state index in [4.69, 9.17) is 4.74 Å². The molecular formula is C16H26N2O2. The van der Waals surface area contributed by atoms with Gasteiger partial charge in [-0.25, -0.2) is 0 Å². The van der Waals surface area contributed by atoms with Crippen LogP contribution in [0.2, 0.25) is 0 Å². The number of para-hydroxylation sites is 1. The van der Waals surface area contributed by atoms with Crippen molar-refractivity contribution in [3.63, 3.8) is 0 Å². The normalized spacial score (nSPS) is 11.9. The van der Waals surface area contributed by atoms with Crippen LogP contribution in [0, 0.1) is 5.92 Å². The molecule has 0 aliphatic carbocycles. The maximum absolute atomic E-state index is 11.8. The number of amides is 1. The minimum atomic E-state index is 0.116. The van der Waals surface area contributed by atoms with E-state index >= 15 is 0 Å². The molecule has 0 aliphatic heterocycles. The van der Waals surface area contributed by atoms with Gasteiger partial charge in [-0.3, -0.25) is 4.79 Å². The van der Waals surface area contributed by atoms with E-state index < -0.39 is 0 Å². The Morgan fingerprint density at radius 1 is 1.30 bits per heavy atom.